The smallest absolute Gasteiger partial charge is 0.407 e. The Hall–Kier alpha value is -1.90. The van der Waals surface area contributed by atoms with E-state index >= 15 is 0 Å². The van der Waals surface area contributed by atoms with Gasteiger partial charge in [0.1, 0.15) is 17.8 Å². The van der Waals surface area contributed by atoms with Crippen molar-refractivity contribution < 1.29 is 28.2 Å². The average Bonchev–Trinajstić information content (AvgIpc) is 2.50. The largest absolute Gasteiger partial charge is 0.444 e. The summed E-state index contributed by atoms with van der Waals surface area (Å²) in [4.78, 5) is 12.0. The van der Waals surface area contributed by atoms with Crippen LogP contribution in [-0.2, 0) is 14.6 Å². The highest BCUT2D eigenvalue weighted by Gasteiger charge is 2.37. The molecule has 0 saturated heterocycles. The minimum atomic E-state index is -3.84. The van der Waals surface area contributed by atoms with Gasteiger partial charge in [0.2, 0.25) is 9.84 Å². The maximum Gasteiger partial charge on any atom is 0.407 e. The van der Waals surface area contributed by atoms with Crippen molar-refractivity contribution in [3.05, 3.63) is 40.8 Å². The zero-order valence-electron chi connectivity index (χ0n) is 15.3. The van der Waals surface area contributed by atoms with Gasteiger partial charge in [0.25, 0.3) is 0 Å². The molecule has 1 aliphatic carbocycles. The molecule has 0 spiro atoms. The van der Waals surface area contributed by atoms with Gasteiger partial charge in [-0.2, -0.15) is 0 Å². The fourth-order valence-corrected chi connectivity index (χ4v) is 4.11. The van der Waals surface area contributed by atoms with E-state index in [1.54, 1.807) is 32.9 Å². The SMILES string of the molecule is Cc1ccc(S(=O)(=O)C2=C[C@@H](O)[C@H](O)[C@H](NC(=O)OC(C)(C)C)C2)cc1. The third-order valence-electron chi connectivity index (χ3n) is 3.92. The molecule has 26 heavy (non-hydrogen) atoms. The van der Waals surface area contributed by atoms with E-state index in [0.29, 0.717) is 0 Å². The molecule has 1 aromatic rings. The van der Waals surface area contributed by atoms with Crippen LogP contribution in [0.15, 0.2) is 40.1 Å². The monoisotopic (exact) mass is 383 g/mol. The molecule has 2 rings (SSSR count). The van der Waals surface area contributed by atoms with Crippen LogP contribution in [0.4, 0.5) is 4.79 Å². The Morgan fingerprint density at radius 2 is 1.77 bits per heavy atom. The first-order valence-corrected chi connectivity index (χ1v) is 9.76. The van der Waals surface area contributed by atoms with Gasteiger partial charge in [-0.05, 0) is 45.9 Å². The second-order valence-electron chi connectivity index (χ2n) is 7.39. The fraction of sp³-hybridized carbons (Fsp3) is 0.500. The number of amides is 1. The number of sulfone groups is 1. The molecule has 3 N–H and O–H groups in total. The number of aliphatic hydroxyl groups excluding tert-OH is 2. The molecule has 0 aliphatic heterocycles. The van der Waals surface area contributed by atoms with Crippen molar-refractivity contribution in [2.24, 2.45) is 0 Å². The van der Waals surface area contributed by atoms with Crippen LogP contribution in [0.3, 0.4) is 0 Å². The van der Waals surface area contributed by atoms with Crippen molar-refractivity contribution >= 4 is 15.9 Å². The number of hydrogen-bond donors (Lipinski definition) is 3. The van der Waals surface area contributed by atoms with Crippen LogP contribution in [-0.4, -0.2) is 48.6 Å². The maximum absolute atomic E-state index is 12.8. The highest BCUT2D eigenvalue weighted by molar-refractivity contribution is 7.95. The summed E-state index contributed by atoms with van der Waals surface area (Å²) in [5, 5.41) is 22.6. The van der Waals surface area contributed by atoms with E-state index in [1.165, 1.54) is 12.1 Å². The Labute approximate surface area is 153 Å². The number of hydrogen-bond acceptors (Lipinski definition) is 6. The number of carbonyl (C=O) groups excluding carboxylic acids is 1. The van der Waals surface area contributed by atoms with Crippen LogP contribution >= 0.6 is 0 Å². The quantitative estimate of drug-likeness (QED) is 0.732. The van der Waals surface area contributed by atoms with Crippen LogP contribution in [0.5, 0.6) is 0 Å². The van der Waals surface area contributed by atoms with Gasteiger partial charge in [0.15, 0.2) is 0 Å². The zero-order chi connectivity index (χ0) is 19.7. The minimum Gasteiger partial charge on any atom is -0.444 e. The molecule has 7 nitrogen and oxygen atoms in total. The Morgan fingerprint density at radius 1 is 1.19 bits per heavy atom. The van der Waals surface area contributed by atoms with Gasteiger partial charge >= 0.3 is 6.09 Å². The fourth-order valence-electron chi connectivity index (χ4n) is 2.60. The highest BCUT2D eigenvalue weighted by Crippen LogP contribution is 2.29. The van der Waals surface area contributed by atoms with Gasteiger partial charge in [0.05, 0.1) is 15.8 Å². The topological polar surface area (TPSA) is 113 Å². The normalized spacial score (nSPS) is 23.9. The maximum atomic E-state index is 12.8. The van der Waals surface area contributed by atoms with Gasteiger partial charge in [-0.3, -0.25) is 0 Å². The molecule has 0 radical (unpaired) electrons. The van der Waals surface area contributed by atoms with Crippen LogP contribution < -0.4 is 5.32 Å². The molecule has 0 fully saturated rings. The molecule has 0 aromatic heterocycles. The lowest BCUT2D eigenvalue weighted by Gasteiger charge is -2.32. The van der Waals surface area contributed by atoms with Crippen molar-refractivity contribution in [2.75, 3.05) is 0 Å². The van der Waals surface area contributed by atoms with Crippen molar-refractivity contribution in [1.82, 2.24) is 5.32 Å². The van der Waals surface area contributed by atoms with Crippen molar-refractivity contribution in [2.45, 2.75) is 62.9 Å². The summed E-state index contributed by atoms with van der Waals surface area (Å²) >= 11 is 0. The Morgan fingerprint density at radius 3 is 2.31 bits per heavy atom. The van der Waals surface area contributed by atoms with E-state index in [9.17, 15) is 23.4 Å². The van der Waals surface area contributed by atoms with Crippen molar-refractivity contribution in [3.8, 4) is 0 Å². The summed E-state index contributed by atoms with van der Waals surface area (Å²) < 4.78 is 30.7. The molecule has 0 saturated carbocycles. The van der Waals surface area contributed by atoms with Crippen molar-refractivity contribution in [3.63, 3.8) is 0 Å². The number of aryl methyl sites for hydroxylation is 1. The molecule has 0 bridgehead atoms. The number of benzene rings is 1. The molecule has 1 aromatic carbocycles. The number of rotatable bonds is 3. The van der Waals surface area contributed by atoms with Crippen LogP contribution in [0.1, 0.15) is 32.8 Å². The summed E-state index contributed by atoms with van der Waals surface area (Å²) in [6, 6.07) is 5.34. The van der Waals surface area contributed by atoms with E-state index < -0.39 is 39.8 Å². The first-order valence-electron chi connectivity index (χ1n) is 8.28. The summed E-state index contributed by atoms with van der Waals surface area (Å²) in [5.74, 6) is 0. The van der Waals surface area contributed by atoms with Gasteiger partial charge in [-0.1, -0.05) is 17.7 Å². The van der Waals surface area contributed by atoms with Crippen molar-refractivity contribution in [1.29, 1.82) is 0 Å². The standard InChI is InChI=1S/C18H25NO6S/c1-11-5-7-12(8-6-11)26(23,24)13-9-14(16(21)15(20)10-13)19-17(22)25-18(2,3)4/h5-8,10,14-16,20-21H,9H2,1-4H3,(H,19,22)/t14-,15-,16-/m1/s1. The molecule has 1 amide bonds. The van der Waals surface area contributed by atoms with Crippen LogP contribution in [0, 0.1) is 6.92 Å². The third-order valence-corrected chi connectivity index (χ3v) is 5.80. The number of nitrogens with one attached hydrogen (secondary N) is 1. The van der Waals surface area contributed by atoms with Crippen LogP contribution in [0.25, 0.3) is 0 Å². The summed E-state index contributed by atoms with van der Waals surface area (Å²) in [5.41, 5.74) is 0.177. The lowest BCUT2D eigenvalue weighted by molar-refractivity contribution is 0.00674. The highest BCUT2D eigenvalue weighted by atomic mass is 32.2. The van der Waals surface area contributed by atoms with E-state index in [0.717, 1.165) is 11.6 Å². The van der Waals surface area contributed by atoms with Gasteiger partial charge < -0.3 is 20.3 Å². The summed E-state index contributed by atoms with van der Waals surface area (Å²) in [6.45, 7) is 6.90. The molecular weight excluding hydrogens is 358 g/mol. The van der Waals surface area contributed by atoms with Gasteiger partial charge in [0, 0.05) is 6.42 Å². The molecule has 0 unspecified atom stereocenters. The molecular formula is C18H25NO6S. The molecule has 3 atom stereocenters. The predicted molar refractivity (Wildman–Crippen MR) is 96.2 cm³/mol. The van der Waals surface area contributed by atoms with Gasteiger partial charge in [-0.25, -0.2) is 13.2 Å². The number of aliphatic hydroxyl groups is 2. The Balaban J connectivity index is 2.24. The average molecular weight is 383 g/mol. The molecule has 0 heterocycles. The van der Waals surface area contributed by atoms with Gasteiger partial charge in [-0.15, -0.1) is 0 Å². The third kappa shape index (κ3) is 4.84. The lowest BCUT2D eigenvalue weighted by Crippen LogP contribution is -2.51. The number of ether oxygens (including phenoxy) is 1. The van der Waals surface area contributed by atoms with E-state index in [4.69, 9.17) is 4.74 Å². The summed E-state index contributed by atoms with van der Waals surface area (Å²) in [6.07, 6.45) is -2.57. The first-order chi connectivity index (χ1) is 11.9. The number of carbonyl (C=O) groups is 1. The van der Waals surface area contributed by atoms with E-state index in [2.05, 4.69) is 5.32 Å². The Kier molecular flexibility index (Phi) is 5.79. The second kappa shape index (κ2) is 7.38. The number of alkyl carbamates (subject to hydrolysis) is 1. The molecule has 8 heteroatoms. The Bertz CT molecular complexity index is 792. The zero-order valence-corrected chi connectivity index (χ0v) is 16.1. The summed E-state index contributed by atoms with van der Waals surface area (Å²) in [7, 11) is -3.84. The first kappa shape index (κ1) is 20.4. The van der Waals surface area contributed by atoms with E-state index in [1.807, 2.05) is 6.92 Å². The molecule has 1 aliphatic rings. The lowest BCUT2D eigenvalue weighted by atomic mass is 9.96. The predicted octanol–water partition coefficient (Wildman–Crippen LogP) is 1.67. The van der Waals surface area contributed by atoms with Crippen LogP contribution in [0.2, 0.25) is 0 Å². The minimum absolute atomic E-state index is 0.0554. The second-order valence-corrected chi connectivity index (χ2v) is 9.39. The molecule has 144 valence electrons. The van der Waals surface area contributed by atoms with E-state index in [-0.39, 0.29) is 16.2 Å².